The first-order valence-corrected chi connectivity index (χ1v) is 12.5. The smallest absolute Gasteiger partial charge is 0.267 e. The zero-order valence-electron chi connectivity index (χ0n) is 19.7. The Balaban J connectivity index is 1.74. The van der Waals surface area contributed by atoms with Crippen molar-refractivity contribution in [2.45, 2.75) is 23.3 Å². The van der Waals surface area contributed by atoms with Gasteiger partial charge in [-0.25, -0.2) is 12.7 Å². The van der Waals surface area contributed by atoms with Gasteiger partial charge in [0.05, 0.1) is 32.3 Å². The lowest BCUT2D eigenvalue weighted by molar-refractivity contribution is -0.124. The lowest BCUT2D eigenvalue weighted by Gasteiger charge is -2.26. The lowest BCUT2D eigenvalue weighted by atomic mass is 9.91. The third kappa shape index (κ3) is 5.02. The highest BCUT2D eigenvalue weighted by atomic mass is 32.2. The third-order valence-electron chi connectivity index (χ3n) is 6.09. The highest BCUT2D eigenvalue weighted by molar-refractivity contribution is 7.89. The summed E-state index contributed by atoms with van der Waals surface area (Å²) in [6, 6.07) is 20.1. The predicted octanol–water partition coefficient (Wildman–Crippen LogP) is 4.50. The van der Waals surface area contributed by atoms with E-state index in [4.69, 9.17) is 14.2 Å². The van der Waals surface area contributed by atoms with Gasteiger partial charge < -0.3 is 14.2 Å². The third-order valence-corrected chi connectivity index (χ3v) is 7.92. The topological polar surface area (TPSA) is 82.1 Å². The summed E-state index contributed by atoms with van der Waals surface area (Å²) < 4.78 is 43.8. The molecule has 0 unspecified atom stereocenters. The van der Waals surface area contributed by atoms with Gasteiger partial charge in [-0.3, -0.25) is 4.79 Å². The van der Waals surface area contributed by atoms with E-state index in [1.165, 1.54) is 19.2 Å². The fourth-order valence-corrected chi connectivity index (χ4v) is 5.77. The quantitative estimate of drug-likeness (QED) is 0.460. The molecule has 0 aliphatic carbocycles. The zero-order valence-corrected chi connectivity index (χ0v) is 20.6. The largest absolute Gasteiger partial charge is 0.497 e. The molecule has 0 bridgehead atoms. The summed E-state index contributed by atoms with van der Waals surface area (Å²) in [5.41, 5.74) is 1.72. The van der Waals surface area contributed by atoms with Crippen molar-refractivity contribution in [2.24, 2.45) is 0 Å². The minimum absolute atomic E-state index is 0.0323. The maximum absolute atomic E-state index is 13.6. The molecule has 1 amide bonds. The van der Waals surface area contributed by atoms with E-state index in [2.05, 4.69) is 0 Å². The Morgan fingerprint density at radius 3 is 1.77 bits per heavy atom. The number of benzene rings is 3. The average molecular weight is 494 g/mol. The Hall–Kier alpha value is -3.78. The van der Waals surface area contributed by atoms with E-state index in [1.54, 1.807) is 32.4 Å². The number of amides is 1. The Bertz CT molecular complexity index is 1300. The standard InChI is InChI=1S/C27H27NO6S/c1-32-21-9-4-19(5-10-21)6-17-26-25(20-7-11-22(33-2)12-8-20)18-27(29)28(26)35(30,31)24-15-13-23(34-3)14-16-24/h4-17,25-26H,18H2,1-3H3/b17-6+/t25-,26+/m1/s1. The molecule has 1 saturated heterocycles. The van der Waals surface area contributed by atoms with Gasteiger partial charge in [0, 0.05) is 12.3 Å². The SMILES string of the molecule is COc1ccc(/C=C/[C@H]2[C@@H](c3ccc(OC)cc3)CC(=O)N2S(=O)(=O)c2ccc(OC)cc2)cc1. The van der Waals surface area contributed by atoms with E-state index >= 15 is 0 Å². The van der Waals surface area contributed by atoms with Crippen LogP contribution in [0.1, 0.15) is 23.5 Å². The summed E-state index contributed by atoms with van der Waals surface area (Å²) in [4.78, 5) is 13.2. The molecule has 0 spiro atoms. The number of hydrogen-bond donors (Lipinski definition) is 0. The van der Waals surface area contributed by atoms with Crippen molar-refractivity contribution in [1.29, 1.82) is 0 Å². The molecule has 3 aromatic carbocycles. The molecular weight excluding hydrogens is 466 g/mol. The first-order chi connectivity index (χ1) is 16.9. The molecule has 35 heavy (non-hydrogen) atoms. The number of nitrogens with zero attached hydrogens (tertiary/aromatic N) is 1. The fraction of sp³-hybridized carbons (Fsp3) is 0.222. The Kier molecular flexibility index (Phi) is 7.12. The van der Waals surface area contributed by atoms with Gasteiger partial charge >= 0.3 is 0 Å². The first-order valence-electron chi connectivity index (χ1n) is 11.0. The van der Waals surface area contributed by atoms with Crippen LogP contribution in [-0.4, -0.2) is 46.0 Å². The van der Waals surface area contributed by atoms with Crippen LogP contribution in [0.5, 0.6) is 17.2 Å². The molecule has 8 heteroatoms. The lowest BCUT2D eigenvalue weighted by Crippen LogP contribution is -2.38. The molecule has 182 valence electrons. The summed E-state index contributed by atoms with van der Waals surface area (Å²) in [6.07, 6.45) is 3.68. The Morgan fingerprint density at radius 1 is 0.771 bits per heavy atom. The molecule has 0 N–H and O–H groups in total. The van der Waals surface area contributed by atoms with Crippen LogP contribution in [0.4, 0.5) is 0 Å². The van der Waals surface area contributed by atoms with Crippen LogP contribution in [0.25, 0.3) is 6.08 Å². The van der Waals surface area contributed by atoms with Crippen molar-refractivity contribution >= 4 is 22.0 Å². The average Bonchev–Trinajstić information content (AvgIpc) is 3.24. The summed E-state index contributed by atoms with van der Waals surface area (Å²) in [7, 11) is 0.583. The van der Waals surface area contributed by atoms with Gasteiger partial charge in [0.2, 0.25) is 5.91 Å². The van der Waals surface area contributed by atoms with Crippen LogP contribution in [0.15, 0.2) is 83.8 Å². The van der Waals surface area contributed by atoms with Gasteiger partial charge in [0.15, 0.2) is 0 Å². The number of rotatable bonds is 8. The maximum Gasteiger partial charge on any atom is 0.267 e. The highest BCUT2D eigenvalue weighted by Gasteiger charge is 2.46. The van der Waals surface area contributed by atoms with Crippen LogP contribution < -0.4 is 14.2 Å². The zero-order chi connectivity index (χ0) is 25.0. The van der Waals surface area contributed by atoms with E-state index < -0.39 is 22.0 Å². The second-order valence-electron chi connectivity index (χ2n) is 8.08. The minimum atomic E-state index is -4.10. The van der Waals surface area contributed by atoms with Crippen LogP contribution in [0.3, 0.4) is 0 Å². The molecular formula is C27H27NO6S. The molecule has 0 saturated carbocycles. The van der Waals surface area contributed by atoms with Crippen molar-refractivity contribution in [3.8, 4) is 17.2 Å². The van der Waals surface area contributed by atoms with Crippen molar-refractivity contribution in [3.05, 3.63) is 90.0 Å². The minimum Gasteiger partial charge on any atom is -0.497 e. The summed E-state index contributed by atoms with van der Waals surface area (Å²) in [6.45, 7) is 0. The van der Waals surface area contributed by atoms with Crippen molar-refractivity contribution in [1.82, 2.24) is 4.31 Å². The molecule has 4 rings (SSSR count). The number of hydrogen-bond acceptors (Lipinski definition) is 6. The van der Waals surface area contributed by atoms with E-state index in [0.717, 1.165) is 21.2 Å². The van der Waals surface area contributed by atoms with Crippen LogP contribution in [-0.2, 0) is 14.8 Å². The molecule has 2 atom stereocenters. The predicted molar refractivity (Wildman–Crippen MR) is 133 cm³/mol. The molecule has 0 radical (unpaired) electrons. The molecule has 0 aromatic heterocycles. The number of sulfonamides is 1. The van der Waals surface area contributed by atoms with Crippen LogP contribution in [0, 0.1) is 0 Å². The van der Waals surface area contributed by atoms with Gasteiger partial charge in [0.25, 0.3) is 10.0 Å². The first kappa shape index (κ1) is 24.3. The molecule has 1 fully saturated rings. The number of carbonyl (C=O) groups excluding carboxylic acids is 1. The van der Waals surface area contributed by atoms with Crippen molar-refractivity contribution < 1.29 is 27.4 Å². The Morgan fingerprint density at radius 2 is 1.26 bits per heavy atom. The van der Waals surface area contributed by atoms with Crippen molar-refractivity contribution in [3.63, 3.8) is 0 Å². The molecule has 3 aromatic rings. The van der Waals surface area contributed by atoms with E-state index in [-0.39, 0.29) is 17.2 Å². The molecule has 7 nitrogen and oxygen atoms in total. The molecule has 1 aliphatic heterocycles. The van der Waals surface area contributed by atoms with Crippen molar-refractivity contribution in [2.75, 3.05) is 21.3 Å². The molecule has 1 aliphatic rings. The monoisotopic (exact) mass is 493 g/mol. The van der Waals surface area contributed by atoms with E-state index in [0.29, 0.717) is 11.5 Å². The van der Waals surface area contributed by atoms with Gasteiger partial charge in [-0.2, -0.15) is 0 Å². The van der Waals surface area contributed by atoms with E-state index in [1.807, 2.05) is 54.6 Å². The van der Waals surface area contributed by atoms with Gasteiger partial charge in [0.1, 0.15) is 17.2 Å². The van der Waals surface area contributed by atoms with Gasteiger partial charge in [-0.1, -0.05) is 36.4 Å². The van der Waals surface area contributed by atoms with Gasteiger partial charge in [-0.05, 0) is 59.7 Å². The van der Waals surface area contributed by atoms with Crippen LogP contribution >= 0.6 is 0 Å². The summed E-state index contributed by atoms with van der Waals surface area (Å²) >= 11 is 0. The fourth-order valence-electron chi connectivity index (χ4n) is 4.19. The van der Waals surface area contributed by atoms with Gasteiger partial charge in [-0.15, -0.1) is 0 Å². The highest BCUT2D eigenvalue weighted by Crippen LogP contribution is 2.39. The second kappa shape index (κ2) is 10.2. The number of carbonyl (C=O) groups is 1. The Labute approximate surface area is 205 Å². The van der Waals surface area contributed by atoms with Crippen LogP contribution in [0.2, 0.25) is 0 Å². The number of methoxy groups -OCH3 is 3. The second-order valence-corrected chi connectivity index (χ2v) is 9.89. The summed E-state index contributed by atoms with van der Waals surface area (Å²) in [5, 5.41) is 0. The number of ether oxygens (including phenoxy) is 3. The van der Waals surface area contributed by atoms with E-state index in [9.17, 15) is 13.2 Å². The summed E-state index contributed by atoms with van der Waals surface area (Å²) in [5.74, 6) is 1.13. The normalized spacial score (nSPS) is 18.1. The maximum atomic E-state index is 13.6. The molecule has 1 heterocycles.